The molecule has 0 unspecified atom stereocenters. The van der Waals surface area contributed by atoms with E-state index in [2.05, 4.69) is 38.8 Å². The number of halogens is 1. The van der Waals surface area contributed by atoms with Crippen LogP contribution in [0.1, 0.15) is 91.9 Å². The highest BCUT2D eigenvalue weighted by molar-refractivity contribution is 7.91. The van der Waals surface area contributed by atoms with Crippen molar-refractivity contribution in [2.24, 2.45) is 11.3 Å². The maximum Gasteiger partial charge on any atom is 0.408 e. The van der Waals surface area contributed by atoms with Gasteiger partial charge < -0.3 is 25.0 Å². The number of ether oxygens (including phenoxy) is 2. The van der Waals surface area contributed by atoms with Gasteiger partial charge in [0.15, 0.2) is 0 Å². The zero-order valence-corrected chi connectivity index (χ0v) is 33.4. The number of aromatic nitrogens is 1. The lowest BCUT2D eigenvalue weighted by Gasteiger charge is -2.35. The number of nitrogens with zero attached hydrogens (tertiary/aromatic N) is 2. The van der Waals surface area contributed by atoms with Gasteiger partial charge in [-0.1, -0.05) is 45.4 Å². The molecule has 2 aromatic rings. The average Bonchev–Trinajstić information content (AvgIpc) is 3.95. The summed E-state index contributed by atoms with van der Waals surface area (Å²) in [5.41, 5.74) is -1.80. The molecule has 3 aliphatic carbocycles. The lowest BCUT2D eigenvalue weighted by Crippen LogP contribution is -2.60. The highest BCUT2D eigenvalue weighted by Gasteiger charge is 2.63. The molecule has 0 radical (unpaired) electrons. The molecule has 55 heavy (non-hydrogen) atoms. The third-order valence-corrected chi connectivity index (χ3v) is 13.5. The molecule has 0 spiro atoms. The Labute approximate surface area is 327 Å². The van der Waals surface area contributed by atoms with E-state index < -0.39 is 73.6 Å². The molecule has 6 rings (SSSR count). The SMILES string of the molecule is C=C[C@H]1C[C@@]1(NC(=O)[C@@H]1C[C@@H](Oc2ccnc3cc(Cl)ccc23)CN1C(=O)[C@@H](NC(=O)OC1CCCC1)C(C)(C)C)C(=O)NS(=O)(=O)C1(CC#CCC)CC1. The Hall–Kier alpha value is -4.35. The normalized spacial score (nSPS) is 24.9. The third-order valence-electron chi connectivity index (χ3n) is 11.1. The van der Waals surface area contributed by atoms with E-state index in [1.165, 1.54) is 11.0 Å². The summed E-state index contributed by atoms with van der Waals surface area (Å²) < 4.78 is 40.2. The van der Waals surface area contributed by atoms with Gasteiger partial charge in [-0.3, -0.25) is 24.1 Å². The van der Waals surface area contributed by atoms with Gasteiger partial charge in [0, 0.05) is 41.8 Å². The Morgan fingerprint density at radius 1 is 1.13 bits per heavy atom. The highest BCUT2D eigenvalue weighted by atomic mass is 35.5. The van der Waals surface area contributed by atoms with Gasteiger partial charge in [-0.15, -0.1) is 18.4 Å². The summed E-state index contributed by atoms with van der Waals surface area (Å²) in [6.07, 6.45) is 6.44. The number of hydrogen-bond acceptors (Lipinski definition) is 9. The molecule has 1 aromatic carbocycles. The van der Waals surface area contributed by atoms with Crippen LogP contribution in [0.3, 0.4) is 0 Å². The summed E-state index contributed by atoms with van der Waals surface area (Å²) in [5.74, 6) is 3.65. The van der Waals surface area contributed by atoms with Crippen LogP contribution in [0.4, 0.5) is 4.79 Å². The molecule has 1 aliphatic heterocycles. The molecule has 0 bridgehead atoms. The number of sulfonamides is 1. The fraction of sp³-hybridized carbons (Fsp3) is 0.575. The van der Waals surface area contributed by atoms with Gasteiger partial charge in [0.25, 0.3) is 5.91 Å². The number of likely N-dealkylation sites (tertiary alicyclic amines) is 1. The molecule has 15 heteroatoms. The van der Waals surface area contributed by atoms with Crippen molar-refractivity contribution >= 4 is 56.3 Å². The van der Waals surface area contributed by atoms with Crippen molar-refractivity contribution < 1.29 is 37.1 Å². The minimum absolute atomic E-state index is 0.0277. The number of benzene rings is 1. The van der Waals surface area contributed by atoms with E-state index in [9.17, 15) is 27.6 Å². The second-order valence-electron chi connectivity index (χ2n) is 16.2. The summed E-state index contributed by atoms with van der Waals surface area (Å²) in [4.78, 5) is 61.7. The van der Waals surface area contributed by atoms with Gasteiger partial charge in [-0.25, -0.2) is 13.2 Å². The van der Waals surface area contributed by atoms with Crippen LogP contribution in [0, 0.1) is 23.2 Å². The predicted molar refractivity (Wildman–Crippen MR) is 207 cm³/mol. The number of alkyl carbamates (subject to hydrolysis) is 1. The molecule has 2 heterocycles. The summed E-state index contributed by atoms with van der Waals surface area (Å²) in [6, 6.07) is 4.64. The Balaban J connectivity index is 1.26. The van der Waals surface area contributed by atoms with E-state index in [1.807, 2.05) is 6.92 Å². The summed E-state index contributed by atoms with van der Waals surface area (Å²) in [7, 11) is -4.13. The Kier molecular flexibility index (Phi) is 11.5. The van der Waals surface area contributed by atoms with Crippen molar-refractivity contribution in [2.75, 3.05) is 6.54 Å². The van der Waals surface area contributed by atoms with Crippen LogP contribution in [-0.2, 0) is 29.1 Å². The molecule has 1 saturated heterocycles. The fourth-order valence-electron chi connectivity index (χ4n) is 7.56. The number of carbonyl (C=O) groups excluding carboxylic acids is 4. The first-order chi connectivity index (χ1) is 26.0. The van der Waals surface area contributed by atoms with Crippen molar-refractivity contribution in [3.05, 3.63) is 48.1 Å². The maximum atomic E-state index is 14.6. The minimum Gasteiger partial charge on any atom is -0.488 e. The van der Waals surface area contributed by atoms with Crippen molar-refractivity contribution in [3.63, 3.8) is 0 Å². The first-order valence-corrected chi connectivity index (χ1v) is 20.8. The summed E-state index contributed by atoms with van der Waals surface area (Å²) >= 11 is 6.20. The molecule has 4 aliphatic rings. The van der Waals surface area contributed by atoms with Crippen molar-refractivity contribution in [2.45, 2.75) is 126 Å². The van der Waals surface area contributed by atoms with Crippen LogP contribution in [0.5, 0.6) is 5.75 Å². The van der Waals surface area contributed by atoms with E-state index in [0.29, 0.717) is 40.9 Å². The van der Waals surface area contributed by atoms with Gasteiger partial charge in [-0.05, 0) is 74.6 Å². The second kappa shape index (κ2) is 15.7. The minimum atomic E-state index is -4.13. The molecule has 5 atom stereocenters. The zero-order valence-electron chi connectivity index (χ0n) is 31.8. The van der Waals surface area contributed by atoms with Crippen LogP contribution < -0.4 is 20.1 Å². The van der Waals surface area contributed by atoms with Crippen molar-refractivity contribution in [1.82, 2.24) is 25.2 Å². The summed E-state index contributed by atoms with van der Waals surface area (Å²) in [6.45, 7) is 11.1. The molecule has 4 amide bonds. The monoisotopic (exact) mass is 795 g/mol. The first kappa shape index (κ1) is 40.3. The lowest BCUT2D eigenvalue weighted by atomic mass is 9.85. The number of pyridine rings is 1. The number of carbonyl (C=O) groups is 4. The number of rotatable bonds is 12. The quantitative estimate of drug-likeness (QED) is 0.194. The Morgan fingerprint density at radius 3 is 2.49 bits per heavy atom. The molecular weight excluding hydrogens is 746 g/mol. The molecule has 4 fully saturated rings. The summed E-state index contributed by atoms with van der Waals surface area (Å²) in [5, 5.41) is 6.78. The smallest absolute Gasteiger partial charge is 0.408 e. The zero-order chi connectivity index (χ0) is 39.8. The largest absolute Gasteiger partial charge is 0.488 e. The number of hydrogen-bond donors (Lipinski definition) is 3. The highest BCUT2D eigenvalue weighted by Crippen LogP contribution is 2.48. The predicted octanol–water partition coefficient (Wildman–Crippen LogP) is 5.16. The molecule has 1 aromatic heterocycles. The van der Waals surface area contributed by atoms with E-state index in [-0.39, 0.29) is 31.9 Å². The standard InChI is InChI=1S/C40H50ClN5O8S/c1-6-8-11-17-39(18-19-39)55(51,52)45-36(49)40(23-25(40)7-2)44-34(47)31-22-28(53-32-16-20-42-30-21-26(41)14-15-29(30)32)24-46(31)35(48)33(38(3,4)5)43-37(50)54-27-12-9-10-13-27/h7,14-16,20-21,25,27-28,31,33H,2,6,9-10,12-13,17-19,22-24H2,1,3-5H3,(H,43,50)(H,44,47)(H,45,49)/t25-,28+,31-,33+,40-/m0/s1. The Morgan fingerprint density at radius 2 is 1.85 bits per heavy atom. The first-order valence-electron chi connectivity index (χ1n) is 19.0. The number of amides is 4. The van der Waals surface area contributed by atoms with Gasteiger partial charge >= 0.3 is 6.09 Å². The van der Waals surface area contributed by atoms with Crippen molar-refractivity contribution in [1.29, 1.82) is 0 Å². The number of nitrogens with one attached hydrogen (secondary N) is 3. The van der Waals surface area contributed by atoms with E-state index in [0.717, 1.165) is 25.7 Å². The van der Waals surface area contributed by atoms with Gasteiger partial charge in [0.05, 0.1) is 12.1 Å². The van der Waals surface area contributed by atoms with Crippen molar-refractivity contribution in [3.8, 4) is 17.6 Å². The van der Waals surface area contributed by atoms with E-state index in [4.69, 9.17) is 21.1 Å². The second-order valence-corrected chi connectivity index (χ2v) is 18.7. The van der Waals surface area contributed by atoms with Gasteiger partial charge in [0.2, 0.25) is 21.8 Å². The van der Waals surface area contributed by atoms with E-state index >= 15 is 0 Å². The Bertz CT molecular complexity index is 2030. The lowest BCUT2D eigenvalue weighted by molar-refractivity contribution is -0.143. The fourth-order valence-corrected chi connectivity index (χ4v) is 9.27. The van der Waals surface area contributed by atoms with Crippen LogP contribution in [-0.4, -0.2) is 83.2 Å². The maximum absolute atomic E-state index is 14.6. The van der Waals surface area contributed by atoms with Crippen LogP contribution in [0.15, 0.2) is 43.1 Å². The molecular formula is C40H50ClN5O8S. The molecule has 3 saturated carbocycles. The van der Waals surface area contributed by atoms with Crippen LogP contribution >= 0.6 is 11.6 Å². The third kappa shape index (κ3) is 8.58. The molecule has 296 valence electrons. The van der Waals surface area contributed by atoms with Crippen LogP contribution in [0.2, 0.25) is 5.02 Å². The average molecular weight is 796 g/mol. The van der Waals surface area contributed by atoms with Gasteiger partial charge in [-0.2, -0.15) is 0 Å². The molecule has 13 nitrogen and oxygen atoms in total. The topological polar surface area (TPSA) is 173 Å². The molecule has 3 N–H and O–H groups in total. The van der Waals surface area contributed by atoms with E-state index in [1.54, 1.807) is 51.2 Å². The van der Waals surface area contributed by atoms with Crippen LogP contribution in [0.25, 0.3) is 10.9 Å². The number of fused-ring (bicyclic) bond motifs is 1. The van der Waals surface area contributed by atoms with Gasteiger partial charge in [0.1, 0.15) is 40.3 Å².